The van der Waals surface area contributed by atoms with Crippen LogP contribution in [0.4, 0.5) is 0 Å². The van der Waals surface area contributed by atoms with Crippen molar-refractivity contribution in [3.63, 3.8) is 0 Å². The Morgan fingerprint density at radius 3 is 2.00 bits per heavy atom. The maximum atomic E-state index is 5.89. The summed E-state index contributed by atoms with van der Waals surface area (Å²) in [6.45, 7) is 4.94. The molecule has 0 rings (SSSR count). The van der Waals surface area contributed by atoms with E-state index in [0.717, 1.165) is 12.6 Å². The molecule has 0 saturated carbocycles. The van der Waals surface area contributed by atoms with Gasteiger partial charge in [0.15, 0.2) is 7.38 Å². The zero-order chi connectivity index (χ0) is 5.91. The molecule has 7 heavy (non-hydrogen) atoms. The predicted octanol–water partition coefficient (Wildman–Crippen LogP) is 1.39. The largest absolute Gasteiger partial charge is 0.331 e. The van der Waals surface area contributed by atoms with Crippen molar-refractivity contribution in [2.75, 3.05) is 6.54 Å². The number of halogens is 1. The first-order chi connectivity index (χ1) is 3.06. The summed E-state index contributed by atoms with van der Waals surface area (Å²) in [5.41, 5.74) is 5.26. The molecule has 0 aliphatic rings. The highest BCUT2D eigenvalue weighted by Gasteiger charge is 2.13. The molecule has 1 nitrogen and oxygen atoms in total. The second-order valence-electron chi connectivity index (χ2n) is 2.26. The summed E-state index contributed by atoms with van der Waals surface area (Å²) >= 11 is 5.89. The lowest BCUT2D eigenvalue weighted by molar-refractivity contribution is 1.11. The van der Waals surface area contributed by atoms with Crippen LogP contribution in [0, 0.1) is 0 Å². The average molecular weight is 138 g/mol. The minimum absolute atomic E-state index is 0.739. The summed E-state index contributed by atoms with van der Waals surface area (Å²) in [7, 11) is -1.31. The van der Waals surface area contributed by atoms with Gasteiger partial charge in [0.25, 0.3) is 0 Å². The van der Waals surface area contributed by atoms with Crippen LogP contribution in [0.2, 0.25) is 19.1 Å². The van der Waals surface area contributed by atoms with Crippen LogP contribution >= 0.6 is 11.1 Å². The van der Waals surface area contributed by atoms with Crippen LogP contribution in [-0.4, -0.2) is 13.9 Å². The van der Waals surface area contributed by atoms with Crippen LogP contribution in [0.1, 0.15) is 0 Å². The van der Waals surface area contributed by atoms with Gasteiger partial charge in [-0.1, -0.05) is 13.1 Å². The summed E-state index contributed by atoms with van der Waals surface area (Å²) in [6.07, 6.45) is 0. The molecule has 0 aromatic rings. The fraction of sp³-hybridized carbons (Fsp3) is 1.00. The molecule has 0 aliphatic heterocycles. The van der Waals surface area contributed by atoms with Crippen LogP contribution in [0.25, 0.3) is 0 Å². The molecule has 0 radical (unpaired) electrons. The van der Waals surface area contributed by atoms with E-state index in [9.17, 15) is 0 Å². The zero-order valence-electron chi connectivity index (χ0n) is 4.87. The van der Waals surface area contributed by atoms with E-state index in [1.165, 1.54) is 0 Å². The maximum Gasteiger partial charge on any atom is 0.151 e. The van der Waals surface area contributed by atoms with Crippen LogP contribution < -0.4 is 5.73 Å². The summed E-state index contributed by atoms with van der Waals surface area (Å²) in [6, 6.07) is 1.02. The smallest absolute Gasteiger partial charge is 0.151 e. The first-order valence-corrected chi connectivity index (χ1v) is 6.67. The highest BCUT2D eigenvalue weighted by Crippen LogP contribution is 2.11. The average Bonchev–Trinajstić information content (AvgIpc) is 1.30. The van der Waals surface area contributed by atoms with Crippen molar-refractivity contribution < 1.29 is 0 Å². The van der Waals surface area contributed by atoms with Crippen molar-refractivity contribution in [1.82, 2.24) is 0 Å². The molecule has 0 aromatic carbocycles. The number of rotatable bonds is 2. The third-order valence-electron chi connectivity index (χ3n) is 0.739. The summed E-state index contributed by atoms with van der Waals surface area (Å²) in [5, 5.41) is 0. The second-order valence-corrected chi connectivity index (χ2v) is 9.26. The fourth-order valence-corrected chi connectivity index (χ4v) is 1.36. The van der Waals surface area contributed by atoms with Gasteiger partial charge in [0.05, 0.1) is 0 Å². The first kappa shape index (κ1) is 7.47. The van der Waals surface area contributed by atoms with Gasteiger partial charge in [-0.3, -0.25) is 0 Å². The molecular formula is C4H12ClNSi. The molecule has 0 unspecified atom stereocenters. The van der Waals surface area contributed by atoms with Gasteiger partial charge < -0.3 is 5.73 Å². The Morgan fingerprint density at radius 2 is 2.00 bits per heavy atom. The number of nitrogens with two attached hydrogens (primary N) is 1. The van der Waals surface area contributed by atoms with E-state index >= 15 is 0 Å². The lowest BCUT2D eigenvalue weighted by atomic mass is 10.8. The van der Waals surface area contributed by atoms with E-state index in [-0.39, 0.29) is 0 Å². The predicted molar refractivity (Wildman–Crippen MR) is 37.2 cm³/mol. The number of hydrogen-bond acceptors (Lipinski definition) is 1. The van der Waals surface area contributed by atoms with Crippen molar-refractivity contribution in [2.24, 2.45) is 5.73 Å². The SMILES string of the molecule is C[Si](C)(Cl)CCN. The van der Waals surface area contributed by atoms with E-state index in [1.54, 1.807) is 0 Å². The number of hydrogen-bond donors (Lipinski definition) is 1. The van der Waals surface area contributed by atoms with Crippen molar-refractivity contribution >= 4 is 18.5 Å². The standard InChI is InChI=1S/C4H12ClNSi/c1-7(2,5)4-3-6/h3-4,6H2,1-2H3. The van der Waals surface area contributed by atoms with E-state index in [0.29, 0.717) is 0 Å². The molecular weight excluding hydrogens is 126 g/mol. The van der Waals surface area contributed by atoms with E-state index in [4.69, 9.17) is 16.8 Å². The molecule has 0 heterocycles. The van der Waals surface area contributed by atoms with Gasteiger partial charge in [-0.2, -0.15) is 11.1 Å². The lowest BCUT2D eigenvalue weighted by Crippen LogP contribution is -2.20. The van der Waals surface area contributed by atoms with Gasteiger partial charge in [-0.05, 0) is 12.6 Å². The minimum atomic E-state index is -1.31. The Balaban J connectivity index is 3.15. The van der Waals surface area contributed by atoms with E-state index in [1.807, 2.05) is 0 Å². The topological polar surface area (TPSA) is 26.0 Å². The first-order valence-electron chi connectivity index (χ1n) is 2.45. The van der Waals surface area contributed by atoms with Gasteiger partial charge in [0.2, 0.25) is 0 Å². The molecule has 2 N–H and O–H groups in total. The van der Waals surface area contributed by atoms with Crippen LogP contribution in [-0.2, 0) is 0 Å². The Labute approximate surface area is 50.6 Å². The molecule has 0 spiro atoms. The van der Waals surface area contributed by atoms with E-state index in [2.05, 4.69) is 13.1 Å². The Morgan fingerprint density at radius 1 is 1.57 bits per heavy atom. The van der Waals surface area contributed by atoms with Gasteiger partial charge in [0.1, 0.15) is 0 Å². The molecule has 0 saturated heterocycles. The van der Waals surface area contributed by atoms with Crippen LogP contribution in [0.15, 0.2) is 0 Å². The Bertz CT molecular complexity index is 50.1. The zero-order valence-corrected chi connectivity index (χ0v) is 6.63. The van der Waals surface area contributed by atoms with Gasteiger partial charge in [-0.15, -0.1) is 0 Å². The van der Waals surface area contributed by atoms with E-state index < -0.39 is 7.38 Å². The van der Waals surface area contributed by atoms with Crippen molar-refractivity contribution in [1.29, 1.82) is 0 Å². The molecule has 0 fully saturated rings. The highest BCUT2D eigenvalue weighted by atomic mass is 35.6. The summed E-state index contributed by atoms with van der Waals surface area (Å²) in [4.78, 5) is 0. The summed E-state index contributed by atoms with van der Waals surface area (Å²) in [5.74, 6) is 0. The lowest BCUT2D eigenvalue weighted by Gasteiger charge is -2.08. The second kappa shape index (κ2) is 2.70. The van der Waals surface area contributed by atoms with Crippen LogP contribution in [0.5, 0.6) is 0 Å². The maximum absolute atomic E-state index is 5.89. The molecule has 44 valence electrons. The third kappa shape index (κ3) is 6.47. The van der Waals surface area contributed by atoms with Crippen LogP contribution in [0.3, 0.4) is 0 Å². The Hall–Kier alpha value is 0.467. The molecule has 0 atom stereocenters. The molecule has 0 aliphatic carbocycles. The normalized spacial score (nSPS) is 12.0. The quantitative estimate of drug-likeness (QED) is 0.452. The monoisotopic (exact) mass is 137 g/mol. The minimum Gasteiger partial charge on any atom is -0.331 e. The molecule has 0 amide bonds. The van der Waals surface area contributed by atoms with Crippen molar-refractivity contribution in [3.8, 4) is 0 Å². The Kier molecular flexibility index (Phi) is 2.88. The molecule has 3 heteroatoms. The summed E-state index contributed by atoms with van der Waals surface area (Å²) < 4.78 is 0. The van der Waals surface area contributed by atoms with Gasteiger partial charge in [-0.25, -0.2) is 0 Å². The third-order valence-corrected chi connectivity index (χ3v) is 2.78. The van der Waals surface area contributed by atoms with Crippen molar-refractivity contribution in [3.05, 3.63) is 0 Å². The fourth-order valence-electron chi connectivity index (χ4n) is 0.343. The molecule has 0 bridgehead atoms. The highest BCUT2D eigenvalue weighted by molar-refractivity contribution is 7.19. The van der Waals surface area contributed by atoms with Gasteiger partial charge >= 0.3 is 0 Å². The van der Waals surface area contributed by atoms with Gasteiger partial charge in [0, 0.05) is 0 Å². The molecule has 0 aromatic heterocycles. The van der Waals surface area contributed by atoms with Crippen molar-refractivity contribution in [2.45, 2.75) is 19.1 Å².